The van der Waals surface area contributed by atoms with Gasteiger partial charge in [-0.2, -0.15) is 0 Å². The number of nitrogens with one attached hydrogen (secondary N) is 1. The monoisotopic (exact) mass is 204 g/mol. The van der Waals surface area contributed by atoms with Gasteiger partial charge in [0.15, 0.2) is 5.84 Å². The van der Waals surface area contributed by atoms with Crippen molar-refractivity contribution >= 4 is 11.7 Å². The van der Waals surface area contributed by atoms with Crippen LogP contribution in [0.2, 0.25) is 0 Å². The molecule has 5 heteroatoms. The molecular weight excluding hydrogens is 192 g/mol. The molecule has 0 saturated heterocycles. The summed E-state index contributed by atoms with van der Waals surface area (Å²) in [6.45, 7) is 1.70. The molecule has 1 aromatic carbocycles. The van der Waals surface area contributed by atoms with E-state index in [1.54, 1.807) is 12.1 Å². The van der Waals surface area contributed by atoms with Gasteiger partial charge in [0.25, 0.3) is 0 Å². The van der Waals surface area contributed by atoms with Crippen molar-refractivity contribution in [2.45, 2.75) is 0 Å². The maximum atomic E-state index is 8.50. The Hall–Kier alpha value is -2.04. The average molecular weight is 204 g/mol. The van der Waals surface area contributed by atoms with Crippen LogP contribution in [0.1, 0.15) is 11.1 Å². The van der Waals surface area contributed by atoms with Crippen LogP contribution in [0.25, 0.3) is 0 Å². The third-order valence-corrected chi connectivity index (χ3v) is 2.24. The van der Waals surface area contributed by atoms with Gasteiger partial charge >= 0.3 is 0 Å². The lowest BCUT2D eigenvalue weighted by molar-refractivity contribution is 0.318. The number of hydrogen-bond acceptors (Lipinski definition) is 4. The highest BCUT2D eigenvalue weighted by atomic mass is 16.4. The summed E-state index contributed by atoms with van der Waals surface area (Å²) in [5, 5.41) is 14.6. The van der Waals surface area contributed by atoms with E-state index >= 15 is 0 Å². The first-order valence-electron chi connectivity index (χ1n) is 4.68. The summed E-state index contributed by atoms with van der Waals surface area (Å²) in [7, 11) is 0. The Bertz CT molecular complexity index is 408. The quantitative estimate of drug-likeness (QED) is 0.277. The van der Waals surface area contributed by atoms with Crippen LogP contribution in [0.15, 0.2) is 34.4 Å². The van der Waals surface area contributed by atoms with Crippen molar-refractivity contribution in [1.82, 2.24) is 5.32 Å². The predicted octanol–water partition coefficient (Wildman–Crippen LogP) is 0.131. The first-order chi connectivity index (χ1) is 7.31. The Labute approximate surface area is 87.3 Å². The molecule has 0 unspecified atom stereocenters. The molecule has 0 amide bonds. The van der Waals surface area contributed by atoms with Crippen LogP contribution in [-0.4, -0.2) is 30.0 Å². The number of rotatable bonds is 2. The SMILES string of the molecule is N/C(=N\O)c1ccc(C2=NCCN2)cc1. The summed E-state index contributed by atoms with van der Waals surface area (Å²) in [6.07, 6.45) is 0. The van der Waals surface area contributed by atoms with Crippen molar-refractivity contribution in [3.8, 4) is 0 Å². The van der Waals surface area contributed by atoms with Crippen LogP contribution >= 0.6 is 0 Å². The van der Waals surface area contributed by atoms with Crippen molar-refractivity contribution in [3.05, 3.63) is 35.4 Å². The van der Waals surface area contributed by atoms with E-state index < -0.39 is 0 Å². The lowest BCUT2D eigenvalue weighted by Gasteiger charge is -2.03. The molecule has 5 nitrogen and oxygen atoms in total. The molecule has 0 aliphatic carbocycles. The first-order valence-corrected chi connectivity index (χ1v) is 4.68. The number of amidine groups is 2. The number of aliphatic imine (C=N–C) groups is 1. The number of nitrogens with zero attached hydrogens (tertiary/aromatic N) is 2. The maximum Gasteiger partial charge on any atom is 0.170 e. The first kappa shape index (κ1) is 9.51. The van der Waals surface area contributed by atoms with E-state index in [-0.39, 0.29) is 5.84 Å². The Morgan fingerprint density at radius 1 is 1.40 bits per heavy atom. The van der Waals surface area contributed by atoms with Crippen LogP contribution in [-0.2, 0) is 0 Å². The fourth-order valence-corrected chi connectivity index (χ4v) is 1.45. The molecule has 0 radical (unpaired) electrons. The Kier molecular flexibility index (Phi) is 2.53. The molecule has 4 N–H and O–H groups in total. The molecule has 0 spiro atoms. The van der Waals surface area contributed by atoms with Gasteiger partial charge in [-0.15, -0.1) is 0 Å². The van der Waals surface area contributed by atoms with Gasteiger partial charge in [0, 0.05) is 17.7 Å². The zero-order chi connectivity index (χ0) is 10.7. The Morgan fingerprint density at radius 3 is 2.67 bits per heavy atom. The lowest BCUT2D eigenvalue weighted by Crippen LogP contribution is -2.19. The summed E-state index contributed by atoms with van der Waals surface area (Å²) in [6, 6.07) is 7.38. The van der Waals surface area contributed by atoms with Crippen molar-refractivity contribution in [2.75, 3.05) is 13.1 Å². The number of benzene rings is 1. The van der Waals surface area contributed by atoms with Crippen molar-refractivity contribution in [1.29, 1.82) is 0 Å². The smallest absolute Gasteiger partial charge is 0.170 e. The number of hydrogen-bond donors (Lipinski definition) is 3. The highest BCUT2D eigenvalue weighted by Gasteiger charge is 2.07. The fourth-order valence-electron chi connectivity index (χ4n) is 1.45. The van der Waals surface area contributed by atoms with Gasteiger partial charge in [-0.1, -0.05) is 29.4 Å². The maximum absolute atomic E-state index is 8.50. The van der Waals surface area contributed by atoms with Gasteiger partial charge in [-0.3, -0.25) is 4.99 Å². The van der Waals surface area contributed by atoms with E-state index in [0.717, 1.165) is 24.5 Å². The van der Waals surface area contributed by atoms with Gasteiger partial charge < -0.3 is 16.3 Å². The van der Waals surface area contributed by atoms with Gasteiger partial charge in [0.2, 0.25) is 0 Å². The molecule has 0 aromatic heterocycles. The molecule has 0 fully saturated rings. The van der Waals surface area contributed by atoms with E-state index in [2.05, 4.69) is 15.5 Å². The van der Waals surface area contributed by atoms with Gasteiger partial charge in [0.1, 0.15) is 5.84 Å². The van der Waals surface area contributed by atoms with Crippen LogP contribution in [0.5, 0.6) is 0 Å². The highest BCUT2D eigenvalue weighted by Crippen LogP contribution is 2.06. The minimum atomic E-state index is 0.114. The molecule has 2 rings (SSSR count). The second kappa shape index (κ2) is 4.00. The molecule has 1 aromatic rings. The molecule has 1 aliphatic heterocycles. The highest BCUT2D eigenvalue weighted by molar-refractivity contribution is 6.01. The summed E-state index contributed by atoms with van der Waals surface area (Å²) in [4.78, 5) is 4.30. The predicted molar refractivity (Wildman–Crippen MR) is 58.4 cm³/mol. The summed E-state index contributed by atoms with van der Waals surface area (Å²) in [5.41, 5.74) is 7.16. The van der Waals surface area contributed by atoms with Gasteiger partial charge in [-0.05, 0) is 0 Å². The zero-order valence-electron chi connectivity index (χ0n) is 8.14. The van der Waals surface area contributed by atoms with Crippen LogP contribution in [0, 0.1) is 0 Å². The van der Waals surface area contributed by atoms with Crippen molar-refractivity contribution in [3.63, 3.8) is 0 Å². The van der Waals surface area contributed by atoms with Crippen LogP contribution in [0.4, 0.5) is 0 Å². The summed E-state index contributed by atoms with van der Waals surface area (Å²) in [5.74, 6) is 1.02. The molecule has 1 aliphatic rings. The molecule has 0 saturated carbocycles. The standard InChI is InChI=1S/C10H12N4O/c11-9(14-15)7-1-3-8(4-2-7)10-12-5-6-13-10/h1-4,15H,5-6H2,(H2,11,14)(H,12,13). The topological polar surface area (TPSA) is 83.0 Å². The molecule has 1 heterocycles. The van der Waals surface area contributed by atoms with E-state index in [0.29, 0.717) is 5.56 Å². The normalized spacial score (nSPS) is 16.0. The van der Waals surface area contributed by atoms with E-state index in [1.807, 2.05) is 12.1 Å². The number of nitrogens with two attached hydrogens (primary N) is 1. The molecular formula is C10H12N4O. The second-order valence-corrected chi connectivity index (χ2v) is 3.22. The zero-order valence-corrected chi connectivity index (χ0v) is 8.14. The second-order valence-electron chi connectivity index (χ2n) is 3.22. The Balaban J connectivity index is 2.24. The summed E-state index contributed by atoms with van der Waals surface area (Å²) >= 11 is 0. The fraction of sp³-hybridized carbons (Fsp3) is 0.200. The van der Waals surface area contributed by atoms with Crippen LogP contribution in [0.3, 0.4) is 0 Å². The molecule has 0 bridgehead atoms. The van der Waals surface area contributed by atoms with Crippen molar-refractivity contribution < 1.29 is 5.21 Å². The molecule has 78 valence electrons. The van der Waals surface area contributed by atoms with Crippen LogP contribution < -0.4 is 11.1 Å². The van der Waals surface area contributed by atoms with E-state index in [1.165, 1.54) is 0 Å². The molecule has 0 atom stereocenters. The largest absolute Gasteiger partial charge is 0.409 e. The Morgan fingerprint density at radius 2 is 2.13 bits per heavy atom. The number of oxime groups is 1. The minimum Gasteiger partial charge on any atom is -0.409 e. The average Bonchev–Trinajstić information content (AvgIpc) is 2.82. The summed E-state index contributed by atoms with van der Waals surface area (Å²) < 4.78 is 0. The van der Waals surface area contributed by atoms with Gasteiger partial charge in [-0.25, -0.2) is 0 Å². The van der Waals surface area contributed by atoms with E-state index in [4.69, 9.17) is 10.9 Å². The molecule has 15 heavy (non-hydrogen) atoms. The lowest BCUT2D eigenvalue weighted by atomic mass is 10.1. The van der Waals surface area contributed by atoms with Gasteiger partial charge in [0.05, 0.1) is 6.54 Å². The minimum absolute atomic E-state index is 0.114. The third kappa shape index (κ3) is 1.90. The van der Waals surface area contributed by atoms with Crippen molar-refractivity contribution in [2.24, 2.45) is 15.9 Å². The third-order valence-electron chi connectivity index (χ3n) is 2.24. The van der Waals surface area contributed by atoms with E-state index in [9.17, 15) is 0 Å².